The van der Waals surface area contributed by atoms with Crippen molar-refractivity contribution in [3.8, 4) is 0 Å². The van der Waals surface area contributed by atoms with Crippen LogP contribution in [0.2, 0.25) is 0 Å². The summed E-state index contributed by atoms with van der Waals surface area (Å²) in [6.07, 6.45) is 0.716. The summed E-state index contributed by atoms with van der Waals surface area (Å²) in [6.45, 7) is 3.09. The lowest BCUT2D eigenvalue weighted by molar-refractivity contribution is -0.114. The fraction of sp³-hybridized carbons (Fsp3) is 0.200. The van der Waals surface area contributed by atoms with Crippen LogP contribution in [0.3, 0.4) is 0 Å². The molecule has 10 heteroatoms. The molecule has 0 bridgehead atoms. The molecule has 2 amide bonds. The van der Waals surface area contributed by atoms with Gasteiger partial charge in [-0.25, -0.2) is 17.2 Å². The third-order valence-electron chi connectivity index (χ3n) is 5.24. The first-order chi connectivity index (χ1) is 16.6. The SMILES string of the molecule is CCC(C)NC(=O)c1ccccc1NC(=O)CN(c1ccc(F)cc1)S(=O)(=O)c1ccc(F)cc1. The molecule has 7 nitrogen and oxygen atoms in total. The second-order valence-electron chi connectivity index (χ2n) is 7.82. The molecule has 0 saturated heterocycles. The van der Waals surface area contributed by atoms with E-state index in [-0.39, 0.29) is 33.8 Å². The molecule has 3 rings (SSSR count). The molecule has 0 radical (unpaired) electrons. The number of nitrogens with zero attached hydrogens (tertiary/aromatic N) is 1. The zero-order valence-corrected chi connectivity index (χ0v) is 20.0. The lowest BCUT2D eigenvalue weighted by atomic mass is 10.1. The summed E-state index contributed by atoms with van der Waals surface area (Å²) in [7, 11) is -4.31. The van der Waals surface area contributed by atoms with Gasteiger partial charge in [0.25, 0.3) is 15.9 Å². The van der Waals surface area contributed by atoms with Gasteiger partial charge >= 0.3 is 0 Å². The number of anilines is 2. The number of hydrogen-bond acceptors (Lipinski definition) is 4. The van der Waals surface area contributed by atoms with Crippen LogP contribution in [0.4, 0.5) is 20.2 Å². The molecule has 0 spiro atoms. The molecule has 35 heavy (non-hydrogen) atoms. The van der Waals surface area contributed by atoms with Crippen molar-refractivity contribution in [3.05, 3.63) is 90.0 Å². The first-order valence-corrected chi connectivity index (χ1v) is 12.3. The highest BCUT2D eigenvalue weighted by Gasteiger charge is 2.28. The standard InChI is InChI=1S/C25H25F2N3O4S/c1-3-17(2)28-25(32)22-6-4-5-7-23(22)29-24(31)16-30(20-12-8-18(26)9-13-20)35(33,34)21-14-10-19(27)11-15-21/h4-15,17H,3,16H2,1-2H3,(H,28,32)(H,29,31). The Morgan fingerprint density at radius 1 is 0.914 bits per heavy atom. The van der Waals surface area contributed by atoms with Crippen molar-refractivity contribution in [3.63, 3.8) is 0 Å². The highest BCUT2D eigenvalue weighted by atomic mass is 32.2. The van der Waals surface area contributed by atoms with Gasteiger partial charge in [-0.3, -0.25) is 13.9 Å². The molecule has 1 unspecified atom stereocenters. The van der Waals surface area contributed by atoms with Gasteiger partial charge in [-0.2, -0.15) is 0 Å². The summed E-state index contributed by atoms with van der Waals surface area (Å²) in [5, 5.41) is 5.41. The Morgan fingerprint density at radius 3 is 2.09 bits per heavy atom. The fourth-order valence-electron chi connectivity index (χ4n) is 3.17. The first kappa shape index (κ1) is 25.8. The smallest absolute Gasteiger partial charge is 0.264 e. The molecule has 0 fully saturated rings. The summed E-state index contributed by atoms with van der Waals surface area (Å²) in [4.78, 5) is 25.3. The van der Waals surface area contributed by atoms with Gasteiger partial charge in [0, 0.05) is 6.04 Å². The van der Waals surface area contributed by atoms with Gasteiger partial charge in [0.05, 0.1) is 21.8 Å². The van der Waals surface area contributed by atoms with E-state index in [0.717, 1.165) is 40.7 Å². The lowest BCUT2D eigenvalue weighted by Gasteiger charge is -2.24. The largest absolute Gasteiger partial charge is 0.350 e. The number of para-hydroxylation sites is 1. The van der Waals surface area contributed by atoms with Gasteiger partial charge in [0.2, 0.25) is 5.91 Å². The summed E-state index contributed by atoms with van der Waals surface area (Å²) in [6, 6.07) is 15.0. The predicted molar refractivity (Wildman–Crippen MR) is 130 cm³/mol. The van der Waals surface area contributed by atoms with Crippen LogP contribution in [0.15, 0.2) is 77.7 Å². The van der Waals surface area contributed by atoms with Crippen LogP contribution >= 0.6 is 0 Å². The molecular formula is C25H25F2N3O4S. The number of carbonyl (C=O) groups excluding carboxylic acids is 2. The molecule has 3 aromatic rings. The maximum absolute atomic E-state index is 13.5. The maximum Gasteiger partial charge on any atom is 0.264 e. The maximum atomic E-state index is 13.5. The zero-order valence-electron chi connectivity index (χ0n) is 19.2. The average molecular weight is 502 g/mol. The third kappa shape index (κ3) is 6.42. The minimum Gasteiger partial charge on any atom is -0.350 e. The minimum absolute atomic E-state index is 0.0358. The number of nitrogens with one attached hydrogen (secondary N) is 2. The fourth-order valence-corrected chi connectivity index (χ4v) is 4.59. The molecule has 0 aromatic heterocycles. The molecule has 0 saturated carbocycles. The van der Waals surface area contributed by atoms with Crippen molar-refractivity contribution in [2.24, 2.45) is 0 Å². The Morgan fingerprint density at radius 2 is 1.49 bits per heavy atom. The molecule has 0 aliphatic rings. The molecule has 2 N–H and O–H groups in total. The van der Waals surface area contributed by atoms with Gasteiger partial charge in [-0.05, 0) is 74.0 Å². The van der Waals surface area contributed by atoms with Crippen LogP contribution in [0.25, 0.3) is 0 Å². The van der Waals surface area contributed by atoms with Crippen LogP contribution in [-0.4, -0.2) is 32.8 Å². The van der Waals surface area contributed by atoms with E-state index in [0.29, 0.717) is 6.42 Å². The van der Waals surface area contributed by atoms with Crippen molar-refractivity contribution in [1.82, 2.24) is 5.32 Å². The Balaban J connectivity index is 1.90. The average Bonchev–Trinajstić information content (AvgIpc) is 2.83. The predicted octanol–water partition coefficient (Wildman–Crippen LogP) is 4.33. The Kier molecular flexibility index (Phi) is 8.18. The van der Waals surface area contributed by atoms with E-state index in [1.165, 1.54) is 18.2 Å². The second-order valence-corrected chi connectivity index (χ2v) is 9.68. The van der Waals surface area contributed by atoms with Gasteiger partial charge < -0.3 is 10.6 Å². The topological polar surface area (TPSA) is 95.6 Å². The summed E-state index contributed by atoms with van der Waals surface area (Å²) >= 11 is 0. The zero-order chi connectivity index (χ0) is 25.6. The van der Waals surface area contributed by atoms with Gasteiger partial charge in [0.15, 0.2) is 0 Å². The van der Waals surface area contributed by atoms with E-state index in [1.54, 1.807) is 18.2 Å². The number of carbonyl (C=O) groups is 2. The highest BCUT2D eigenvalue weighted by molar-refractivity contribution is 7.92. The van der Waals surface area contributed by atoms with E-state index in [2.05, 4.69) is 10.6 Å². The van der Waals surface area contributed by atoms with Crippen LogP contribution in [-0.2, 0) is 14.8 Å². The Hall–Kier alpha value is -3.79. The second kappa shape index (κ2) is 11.1. The molecule has 0 heterocycles. The van der Waals surface area contributed by atoms with Crippen molar-refractivity contribution in [1.29, 1.82) is 0 Å². The van der Waals surface area contributed by atoms with Gasteiger partial charge in [-0.1, -0.05) is 19.1 Å². The molecule has 0 aliphatic carbocycles. The monoisotopic (exact) mass is 501 g/mol. The number of halogens is 2. The summed E-state index contributed by atoms with van der Waals surface area (Å²) < 4.78 is 54.2. The van der Waals surface area contributed by atoms with Crippen molar-refractivity contribution >= 4 is 33.2 Å². The van der Waals surface area contributed by atoms with Crippen molar-refractivity contribution in [2.75, 3.05) is 16.2 Å². The first-order valence-electron chi connectivity index (χ1n) is 10.9. The summed E-state index contributed by atoms with van der Waals surface area (Å²) in [5.74, 6) is -2.32. The van der Waals surface area contributed by atoms with Crippen molar-refractivity contribution in [2.45, 2.75) is 31.2 Å². The number of amides is 2. The van der Waals surface area contributed by atoms with E-state index >= 15 is 0 Å². The van der Waals surface area contributed by atoms with Gasteiger partial charge in [-0.15, -0.1) is 0 Å². The molecule has 1 atom stereocenters. The molecule has 3 aromatic carbocycles. The number of hydrogen-bond donors (Lipinski definition) is 2. The normalized spacial score (nSPS) is 12.0. The lowest BCUT2D eigenvalue weighted by Crippen LogP contribution is -2.38. The van der Waals surface area contributed by atoms with Crippen LogP contribution in [0.1, 0.15) is 30.6 Å². The number of sulfonamides is 1. The van der Waals surface area contributed by atoms with E-state index in [9.17, 15) is 26.8 Å². The van der Waals surface area contributed by atoms with E-state index < -0.39 is 34.1 Å². The summed E-state index contributed by atoms with van der Waals surface area (Å²) in [5.41, 5.74) is 0.459. The third-order valence-corrected chi connectivity index (χ3v) is 7.03. The highest BCUT2D eigenvalue weighted by Crippen LogP contribution is 2.25. The minimum atomic E-state index is -4.31. The van der Waals surface area contributed by atoms with Crippen LogP contribution in [0.5, 0.6) is 0 Å². The van der Waals surface area contributed by atoms with Crippen LogP contribution < -0.4 is 14.9 Å². The molecular weight excluding hydrogens is 476 g/mol. The Bertz CT molecular complexity index is 1300. The molecule has 0 aliphatic heterocycles. The van der Waals surface area contributed by atoms with Crippen LogP contribution in [0, 0.1) is 11.6 Å². The van der Waals surface area contributed by atoms with Crippen molar-refractivity contribution < 1.29 is 26.8 Å². The number of rotatable bonds is 9. The Labute approximate surface area is 202 Å². The molecule has 184 valence electrons. The van der Waals surface area contributed by atoms with E-state index in [4.69, 9.17) is 0 Å². The van der Waals surface area contributed by atoms with Gasteiger partial charge in [0.1, 0.15) is 18.2 Å². The quantitative estimate of drug-likeness (QED) is 0.456. The van der Waals surface area contributed by atoms with E-state index in [1.807, 2.05) is 13.8 Å². The number of benzene rings is 3.